The zero-order valence-electron chi connectivity index (χ0n) is 12.9. The number of aliphatic hydroxyl groups is 1. The molecule has 1 fully saturated rings. The number of halogens is 3. The molecule has 2 heterocycles. The van der Waals surface area contributed by atoms with Crippen LogP contribution in [-0.2, 0) is 17.4 Å². The molecule has 0 aliphatic carbocycles. The number of hydrogen-bond donors (Lipinski definition) is 3. The summed E-state index contributed by atoms with van der Waals surface area (Å²) >= 11 is 0. The number of hydrogen-bond acceptors (Lipinski definition) is 4. The van der Waals surface area contributed by atoms with Gasteiger partial charge in [0.05, 0.1) is 5.92 Å². The van der Waals surface area contributed by atoms with E-state index in [1.54, 1.807) is 0 Å². The molecule has 0 radical (unpaired) electrons. The molecular formula is C14H21F3N4O2. The molecule has 0 saturated carbocycles. The van der Waals surface area contributed by atoms with Crippen LogP contribution in [-0.4, -0.2) is 46.4 Å². The molecule has 3 N–H and O–H groups in total. The number of aryl methyl sites for hydroxylation is 1. The van der Waals surface area contributed by atoms with E-state index in [2.05, 4.69) is 15.6 Å². The van der Waals surface area contributed by atoms with Gasteiger partial charge in [0.2, 0.25) is 11.5 Å². The van der Waals surface area contributed by atoms with Crippen LogP contribution >= 0.6 is 0 Å². The highest BCUT2D eigenvalue weighted by atomic mass is 19.4. The summed E-state index contributed by atoms with van der Waals surface area (Å²) in [5.41, 5.74) is -3.09. The number of carbonyl (C=O) groups is 1. The second kappa shape index (κ2) is 6.88. The van der Waals surface area contributed by atoms with Crippen LogP contribution < -0.4 is 10.6 Å². The lowest BCUT2D eigenvalue weighted by Gasteiger charge is -2.30. The highest BCUT2D eigenvalue weighted by Crippen LogP contribution is 2.40. The normalized spacial score (nSPS) is 21.7. The fourth-order valence-corrected chi connectivity index (χ4v) is 2.73. The molecule has 2 atom stereocenters. The van der Waals surface area contributed by atoms with Gasteiger partial charge >= 0.3 is 6.18 Å². The molecule has 0 spiro atoms. The molecule has 2 unspecified atom stereocenters. The number of piperidine rings is 1. The number of aromatic nitrogens is 2. The van der Waals surface area contributed by atoms with Crippen molar-refractivity contribution in [2.24, 2.45) is 13.0 Å². The van der Waals surface area contributed by atoms with Crippen molar-refractivity contribution >= 4 is 5.91 Å². The number of carbonyl (C=O) groups excluding carboxylic acids is 1. The molecular weight excluding hydrogens is 313 g/mol. The van der Waals surface area contributed by atoms with Gasteiger partial charge in [-0.2, -0.15) is 13.2 Å². The number of amides is 1. The topological polar surface area (TPSA) is 79.2 Å². The van der Waals surface area contributed by atoms with Crippen LogP contribution in [0.2, 0.25) is 0 Å². The first-order chi connectivity index (χ1) is 10.8. The minimum Gasteiger partial charge on any atom is -0.374 e. The maximum absolute atomic E-state index is 13.3. The van der Waals surface area contributed by atoms with E-state index in [1.165, 1.54) is 19.4 Å². The van der Waals surface area contributed by atoms with E-state index in [-0.39, 0.29) is 18.4 Å². The third-order valence-corrected chi connectivity index (χ3v) is 4.11. The third-order valence-electron chi connectivity index (χ3n) is 4.11. The van der Waals surface area contributed by atoms with Gasteiger partial charge in [0.25, 0.3) is 0 Å². The Balaban J connectivity index is 2.00. The van der Waals surface area contributed by atoms with Crippen molar-refractivity contribution in [3.8, 4) is 0 Å². The molecule has 1 amide bonds. The molecule has 1 aliphatic rings. The van der Waals surface area contributed by atoms with Crippen LogP contribution in [0.15, 0.2) is 12.4 Å². The van der Waals surface area contributed by atoms with Gasteiger partial charge in [0.15, 0.2) is 0 Å². The Morgan fingerprint density at radius 3 is 2.83 bits per heavy atom. The van der Waals surface area contributed by atoms with Crippen LogP contribution in [0.25, 0.3) is 0 Å². The monoisotopic (exact) mass is 334 g/mol. The number of alkyl halides is 3. The van der Waals surface area contributed by atoms with E-state index in [1.807, 2.05) is 0 Å². The predicted molar refractivity (Wildman–Crippen MR) is 76.4 cm³/mol. The quantitative estimate of drug-likeness (QED) is 0.740. The summed E-state index contributed by atoms with van der Waals surface area (Å²) < 4.78 is 41.0. The Kier molecular flexibility index (Phi) is 5.30. The van der Waals surface area contributed by atoms with Crippen molar-refractivity contribution in [1.29, 1.82) is 0 Å². The first-order valence-corrected chi connectivity index (χ1v) is 7.51. The lowest BCUT2D eigenvalue weighted by molar-refractivity contribution is -0.272. The lowest BCUT2D eigenvalue weighted by atomic mass is 9.96. The van der Waals surface area contributed by atoms with Gasteiger partial charge in [-0.25, -0.2) is 4.98 Å². The molecule has 1 aromatic rings. The van der Waals surface area contributed by atoms with E-state index in [4.69, 9.17) is 0 Å². The second-order valence-electron chi connectivity index (χ2n) is 5.80. The van der Waals surface area contributed by atoms with E-state index >= 15 is 0 Å². The maximum atomic E-state index is 13.3. The molecule has 130 valence electrons. The molecule has 0 aromatic carbocycles. The van der Waals surface area contributed by atoms with Crippen molar-refractivity contribution in [3.63, 3.8) is 0 Å². The first kappa shape index (κ1) is 17.7. The standard InChI is InChI=1S/C14H21F3N4O2/c1-21-8-7-20-12(21)13(23,14(15,16)17)4-6-19-11(22)10-3-2-5-18-9-10/h7-8,10,18,23H,2-6,9H2,1H3,(H,19,22). The summed E-state index contributed by atoms with van der Waals surface area (Å²) in [5, 5.41) is 15.7. The van der Waals surface area contributed by atoms with Gasteiger partial charge < -0.3 is 20.3 Å². The van der Waals surface area contributed by atoms with Gasteiger partial charge in [-0.15, -0.1) is 0 Å². The van der Waals surface area contributed by atoms with Crippen molar-refractivity contribution in [3.05, 3.63) is 18.2 Å². The van der Waals surface area contributed by atoms with Gasteiger partial charge in [0, 0.05) is 39.0 Å². The fourth-order valence-electron chi connectivity index (χ4n) is 2.73. The smallest absolute Gasteiger partial charge is 0.374 e. The average molecular weight is 334 g/mol. The number of nitrogens with one attached hydrogen (secondary N) is 2. The van der Waals surface area contributed by atoms with Gasteiger partial charge in [-0.3, -0.25) is 4.79 Å². The average Bonchev–Trinajstić information content (AvgIpc) is 2.93. The molecule has 0 bridgehead atoms. The Morgan fingerprint density at radius 2 is 2.30 bits per heavy atom. The summed E-state index contributed by atoms with van der Waals surface area (Å²) in [6.07, 6.45) is -1.48. The maximum Gasteiger partial charge on any atom is 0.424 e. The molecule has 1 aromatic heterocycles. The molecule has 9 heteroatoms. The molecule has 23 heavy (non-hydrogen) atoms. The molecule has 1 aliphatic heterocycles. The van der Waals surface area contributed by atoms with E-state index in [0.717, 1.165) is 17.5 Å². The molecule has 1 saturated heterocycles. The highest BCUT2D eigenvalue weighted by molar-refractivity contribution is 5.78. The Labute approximate surface area is 132 Å². The minimum absolute atomic E-state index is 0.240. The fraction of sp³-hybridized carbons (Fsp3) is 0.714. The summed E-state index contributed by atoms with van der Waals surface area (Å²) in [4.78, 5) is 15.6. The Hall–Kier alpha value is -1.61. The second-order valence-corrected chi connectivity index (χ2v) is 5.80. The summed E-state index contributed by atoms with van der Waals surface area (Å²) in [5.74, 6) is -1.02. The zero-order valence-corrected chi connectivity index (χ0v) is 12.9. The van der Waals surface area contributed by atoms with Gasteiger partial charge in [-0.05, 0) is 19.4 Å². The summed E-state index contributed by atoms with van der Waals surface area (Å²) in [6.45, 7) is 1.09. The van der Waals surface area contributed by atoms with Gasteiger partial charge in [0.1, 0.15) is 5.82 Å². The Bertz CT molecular complexity index is 540. The molecule has 2 rings (SSSR count). The largest absolute Gasteiger partial charge is 0.424 e. The van der Waals surface area contributed by atoms with E-state index in [9.17, 15) is 23.1 Å². The van der Waals surface area contributed by atoms with Crippen molar-refractivity contribution < 1.29 is 23.1 Å². The van der Waals surface area contributed by atoms with Crippen LogP contribution in [0.3, 0.4) is 0 Å². The van der Waals surface area contributed by atoms with E-state index < -0.39 is 24.0 Å². The van der Waals surface area contributed by atoms with Crippen molar-refractivity contribution in [1.82, 2.24) is 20.2 Å². The predicted octanol–water partition coefficient (Wildman–Crippen LogP) is 0.676. The molecule has 6 nitrogen and oxygen atoms in total. The minimum atomic E-state index is -4.89. The zero-order chi connectivity index (χ0) is 17.1. The van der Waals surface area contributed by atoms with Crippen LogP contribution in [0.5, 0.6) is 0 Å². The van der Waals surface area contributed by atoms with E-state index in [0.29, 0.717) is 13.0 Å². The summed E-state index contributed by atoms with van der Waals surface area (Å²) in [7, 11) is 1.38. The summed E-state index contributed by atoms with van der Waals surface area (Å²) in [6, 6.07) is 0. The number of rotatable bonds is 5. The SMILES string of the molecule is Cn1ccnc1C(O)(CCNC(=O)C1CCCNC1)C(F)(F)F. The Morgan fingerprint density at radius 1 is 1.57 bits per heavy atom. The lowest BCUT2D eigenvalue weighted by Crippen LogP contribution is -2.47. The van der Waals surface area contributed by atoms with Crippen LogP contribution in [0.1, 0.15) is 25.1 Å². The van der Waals surface area contributed by atoms with Gasteiger partial charge in [-0.1, -0.05) is 0 Å². The van der Waals surface area contributed by atoms with Crippen molar-refractivity contribution in [2.75, 3.05) is 19.6 Å². The first-order valence-electron chi connectivity index (χ1n) is 7.51. The number of nitrogens with zero attached hydrogens (tertiary/aromatic N) is 2. The van der Waals surface area contributed by atoms with Crippen LogP contribution in [0, 0.1) is 5.92 Å². The number of imidazole rings is 1. The third kappa shape index (κ3) is 3.84. The highest BCUT2D eigenvalue weighted by Gasteiger charge is 2.57. The van der Waals surface area contributed by atoms with Crippen LogP contribution in [0.4, 0.5) is 13.2 Å². The van der Waals surface area contributed by atoms with Crippen molar-refractivity contribution in [2.45, 2.75) is 31.0 Å².